The summed E-state index contributed by atoms with van der Waals surface area (Å²) in [6.45, 7) is 2.49. The highest BCUT2D eigenvalue weighted by molar-refractivity contribution is 7.99. The van der Waals surface area contributed by atoms with Gasteiger partial charge in [0.2, 0.25) is 5.91 Å². The maximum Gasteiger partial charge on any atom is 0.305 e. The molecule has 2 N–H and O–H groups in total. The van der Waals surface area contributed by atoms with Gasteiger partial charge in [-0.2, -0.15) is 11.8 Å². The first kappa shape index (κ1) is 15.3. The van der Waals surface area contributed by atoms with Gasteiger partial charge in [0.25, 0.3) is 0 Å². The van der Waals surface area contributed by atoms with E-state index in [1.165, 1.54) is 0 Å². The number of rotatable bonds is 10. The SMILES string of the molecule is CCCOC(=O)CCCCSCCC(N)=O. The van der Waals surface area contributed by atoms with Crippen molar-refractivity contribution in [1.82, 2.24) is 0 Å². The van der Waals surface area contributed by atoms with Crippen LogP contribution in [0.3, 0.4) is 0 Å². The van der Waals surface area contributed by atoms with Gasteiger partial charge in [0.1, 0.15) is 0 Å². The van der Waals surface area contributed by atoms with Crippen LogP contribution in [0.2, 0.25) is 0 Å². The number of hydrogen-bond donors (Lipinski definition) is 1. The third-order valence-corrected chi connectivity index (χ3v) is 2.95. The number of unbranched alkanes of at least 4 members (excludes halogenated alkanes) is 1. The van der Waals surface area contributed by atoms with Crippen LogP contribution in [0.1, 0.15) is 39.0 Å². The van der Waals surface area contributed by atoms with Gasteiger partial charge in [-0.05, 0) is 25.0 Å². The Morgan fingerprint density at radius 2 is 1.94 bits per heavy atom. The van der Waals surface area contributed by atoms with Gasteiger partial charge in [-0.3, -0.25) is 9.59 Å². The fraction of sp³-hybridized carbons (Fsp3) is 0.818. The molecule has 0 saturated carbocycles. The summed E-state index contributed by atoms with van der Waals surface area (Å²) >= 11 is 1.70. The van der Waals surface area contributed by atoms with Crippen molar-refractivity contribution in [3.8, 4) is 0 Å². The fourth-order valence-corrected chi connectivity index (χ4v) is 1.99. The Morgan fingerprint density at radius 1 is 1.19 bits per heavy atom. The van der Waals surface area contributed by atoms with E-state index in [2.05, 4.69) is 0 Å². The van der Waals surface area contributed by atoms with Crippen molar-refractivity contribution in [3.05, 3.63) is 0 Å². The quantitative estimate of drug-likeness (QED) is 0.471. The molecule has 0 rings (SSSR count). The summed E-state index contributed by atoms with van der Waals surface area (Å²) in [5.41, 5.74) is 5.01. The van der Waals surface area contributed by atoms with Gasteiger partial charge < -0.3 is 10.5 Å². The second-order valence-electron chi connectivity index (χ2n) is 3.51. The summed E-state index contributed by atoms with van der Waals surface area (Å²) in [5, 5.41) is 0. The third kappa shape index (κ3) is 11.4. The largest absolute Gasteiger partial charge is 0.466 e. The average Bonchev–Trinajstić information content (AvgIpc) is 2.24. The molecule has 4 nitrogen and oxygen atoms in total. The van der Waals surface area contributed by atoms with Gasteiger partial charge in [0.15, 0.2) is 0 Å². The van der Waals surface area contributed by atoms with E-state index in [0.29, 0.717) is 19.4 Å². The minimum atomic E-state index is -0.254. The molecule has 0 aromatic carbocycles. The van der Waals surface area contributed by atoms with Crippen molar-refractivity contribution in [1.29, 1.82) is 0 Å². The van der Waals surface area contributed by atoms with Crippen LogP contribution in [-0.2, 0) is 14.3 Å². The van der Waals surface area contributed by atoms with E-state index >= 15 is 0 Å². The van der Waals surface area contributed by atoms with Crippen LogP contribution in [-0.4, -0.2) is 30.0 Å². The third-order valence-electron chi connectivity index (χ3n) is 1.88. The first-order chi connectivity index (χ1) is 7.66. The molecule has 0 spiro atoms. The highest BCUT2D eigenvalue weighted by Gasteiger charge is 2.01. The summed E-state index contributed by atoms with van der Waals surface area (Å²) in [6.07, 6.45) is 3.63. The normalized spacial score (nSPS) is 10.1. The first-order valence-corrected chi connectivity index (χ1v) is 6.84. The van der Waals surface area contributed by atoms with Gasteiger partial charge in [-0.15, -0.1) is 0 Å². The molecule has 0 fully saturated rings. The summed E-state index contributed by atoms with van der Waals surface area (Å²) in [5.74, 6) is 1.38. The molecule has 0 aromatic heterocycles. The second kappa shape index (κ2) is 10.8. The van der Waals surface area contributed by atoms with E-state index in [9.17, 15) is 9.59 Å². The van der Waals surface area contributed by atoms with Gasteiger partial charge in [0.05, 0.1) is 6.61 Å². The molecule has 0 aromatic rings. The number of carbonyl (C=O) groups is 2. The topological polar surface area (TPSA) is 69.4 Å². The molecule has 0 aliphatic rings. The molecule has 0 heterocycles. The fourth-order valence-electron chi connectivity index (χ4n) is 1.04. The van der Waals surface area contributed by atoms with Crippen LogP contribution in [0.5, 0.6) is 0 Å². The highest BCUT2D eigenvalue weighted by Crippen LogP contribution is 2.08. The van der Waals surface area contributed by atoms with Crippen molar-refractivity contribution in [2.24, 2.45) is 5.73 Å². The Morgan fingerprint density at radius 3 is 2.56 bits per heavy atom. The highest BCUT2D eigenvalue weighted by atomic mass is 32.2. The molecule has 0 radical (unpaired) electrons. The van der Waals surface area contributed by atoms with E-state index in [0.717, 1.165) is 30.8 Å². The first-order valence-electron chi connectivity index (χ1n) is 5.68. The average molecular weight is 247 g/mol. The lowest BCUT2D eigenvalue weighted by molar-refractivity contribution is -0.143. The zero-order valence-electron chi connectivity index (χ0n) is 9.87. The number of thioether (sulfide) groups is 1. The second-order valence-corrected chi connectivity index (χ2v) is 4.73. The molecule has 16 heavy (non-hydrogen) atoms. The predicted molar refractivity (Wildman–Crippen MR) is 66.2 cm³/mol. The van der Waals surface area contributed by atoms with Crippen molar-refractivity contribution >= 4 is 23.6 Å². The van der Waals surface area contributed by atoms with E-state index in [-0.39, 0.29) is 11.9 Å². The molecule has 0 saturated heterocycles. The molecule has 0 aliphatic carbocycles. The van der Waals surface area contributed by atoms with Crippen LogP contribution < -0.4 is 5.73 Å². The maximum absolute atomic E-state index is 11.1. The van der Waals surface area contributed by atoms with E-state index < -0.39 is 0 Å². The van der Waals surface area contributed by atoms with E-state index in [1.54, 1.807) is 11.8 Å². The van der Waals surface area contributed by atoms with Gasteiger partial charge in [0, 0.05) is 18.6 Å². The molecule has 5 heteroatoms. The molecule has 1 amide bonds. The number of ether oxygens (including phenoxy) is 1. The minimum absolute atomic E-state index is 0.107. The zero-order valence-corrected chi connectivity index (χ0v) is 10.7. The molecule has 0 bridgehead atoms. The number of esters is 1. The summed E-state index contributed by atoms with van der Waals surface area (Å²) in [6, 6.07) is 0. The molecular weight excluding hydrogens is 226 g/mol. The van der Waals surface area contributed by atoms with Crippen molar-refractivity contribution < 1.29 is 14.3 Å². The number of amides is 1. The Balaban J connectivity index is 3.14. The van der Waals surface area contributed by atoms with Gasteiger partial charge >= 0.3 is 5.97 Å². The lowest BCUT2D eigenvalue weighted by Crippen LogP contribution is -2.11. The Labute approximate surface area is 101 Å². The number of hydrogen-bond acceptors (Lipinski definition) is 4. The number of nitrogens with two attached hydrogens (primary N) is 1. The van der Waals surface area contributed by atoms with E-state index in [1.807, 2.05) is 6.92 Å². The molecule has 94 valence electrons. The van der Waals surface area contributed by atoms with Gasteiger partial charge in [-0.1, -0.05) is 6.92 Å². The molecular formula is C11H21NO3S. The van der Waals surface area contributed by atoms with Crippen molar-refractivity contribution in [3.63, 3.8) is 0 Å². The standard InChI is InChI=1S/C11H21NO3S/c1-2-7-15-11(14)5-3-4-8-16-9-6-10(12)13/h2-9H2,1H3,(H2,12,13). The Bertz CT molecular complexity index is 209. The number of carbonyl (C=O) groups excluding carboxylic acids is 2. The van der Waals surface area contributed by atoms with Gasteiger partial charge in [-0.25, -0.2) is 0 Å². The molecule has 0 unspecified atom stereocenters. The van der Waals surface area contributed by atoms with Crippen LogP contribution >= 0.6 is 11.8 Å². The van der Waals surface area contributed by atoms with Crippen LogP contribution in [0, 0.1) is 0 Å². The lowest BCUT2D eigenvalue weighted by Gasteiger charge is -2.02. The zero-order chi connectivity index (χ0) is 12.2. The summed E-state index contributed by atoms with van der Waals surface area (Å²) in [4.78, 5) is 21.5. The summed E-state index contributed by atoms with van der Waals surface area (Å²) < 4.78 is 4.94. The Kier molecular flexibility index (Phi) is 10.3. The monoisotopic (exact) mass is 247 g/mol. The predicted octanol–water partition coefficient (Wildman–Crippen LogP) is 1.72. The van der Waals surface area contributed by atoms with Crippen molar-refractivity contribution in [2.75, 3.05) is 18.1 Å². The molecule has 0 aliphatic heterocycles. The minimum Gasteiger partial charge on any atom is -0.466 e. The van der Waals surface area contributed by atoms with Crippen LogP contribution in [0.15, 0.2) is 0 Å². The maximum atomic E-state index is 11.1. The summed E-state index contributed by atoms with van der Waals surface area (Å²) in [7, 11) is 0. The van der Waals surface area contributed by atoms with Crippen molar-refractivity contribution in [2.45, 2.75) is 39.0 Å². The lowest BCUT2D eigenvalue weighted by atomic mass is 10.2. The smallest absolute Gasteiger partial charge is 0.305 e. The van der Waals surface area contributed by atoms with E-state index in [4.69, 9.17) is 10.5 Å². The number of primary amides is 1. The van der Waals surface area contributed by atoms with Crippen LogP contribution in [0.25, 0.3) is 0 Å². The Hall–Kier alpha value is -0.710. The molecule has 0 atom stereocenters. The van der Waals surface area contributed by atoms with Crippen LogP contribution in [0.4, 0.5) is 0 Å².